The molecule has 0 aromatic rings. The van der Waals surface area contributed by atoms with Gasteiger partial charge in [0.25, 0.3) is 0 Å². The van der Waals surface area contributed by atoms with Crippen LogP contribution in [0, 0.1) is 5.92 Å². The molecule has 1 saturated carbocycles. The quantitative estimate of drug-likeness (QED) is 0.717. The fourth-order valence-corrected chi connectivity index (χ4v) is 3.05. The van der Waals surface area contributed by atoms with Gasteiger partial charge in [-0.05, 0) is 25.7 Å². The molecule has 3 atom stereocenters. The second-order valence-corrected chi connectivity index (χ2v) is 4.99. The van der Waals surface area contributed by atoms with Crippen LogP contribution < -0.4 is 10.6 Å². The summed E-state index contributed by atoms with van der Waals surface area (Å²) >= 11 is 0. The van der Waals surface area contributed by atoms with Gasteiger partial charge in [0, 0.05) is 31.8 Å². The molecule has 1 aliphatic carbocycles. The standard InChI is InChI=1S/C13H26N2O2.ClH/c1-2-16-8-6-14-12-5-3-4-11(12)13-10-17-9-7-15-13;/h11-15H,2-10H2,1H3;1H. The van der Waals surface area contributed by atoms with E-state index in [1.807, 2.05) is 6.92 Å². The molecule has 2 aliphatic rings. The summed E-state index contributed by atoms with van der Waals surface area (Å²) in [6, 6.07) is 1.20. The molecule has 3 unspecified atom stereocenters. The zero-order chi connectivity index (χ0) is 11.9. The lowest BCUT2D eigenvalue weighted by atomic mass is 9.94. The van der Waals surface area contributed by atoms with Crippen LogP contribution in [0.1, 0.15) is 26.2 Å². The highest BCUT2D eigenvalue weighted by Crippen LogP contribution is 2.29. The van der Waals surface area contributed by atoms with Gasteiger partial charge in [-0.1, -0.05) is 6.42 Å². The molecule has 0 amide bonds. The number of morpholine rings is 1. The first-order chi connectivity index (χ1) is 8.42. The van der Waals surface area contributed by atoms with Crippen molar-refractivity contribution in [1.82, 2.24) is 10.6 Å². The van der Waals surface area contributed by atoms with Crippen molar-refractivity contribution in [3.63, 3.8) is 0 Å². The first kappa shape index (κ1) is 16.2. The molecule has 0 bridgehead atoms. The zero-order valence-corrected chi connectivity index (χ0v) is 12.1. The van der Waals surface area contributed by atoms with Crippen LogP contribution in [0.2, 0.25) is 0 Å². The Hall–Kier alpha value is 0.130. The summed E-state index contributed by atoms with van der Waals surface area (Å²) in [6.45, 7) is 7.42. The predicted molar refractivity (Wildman–Crippen MR) is 75.5 cm³/mol. The van der Waals surface area contributed by atoms with Crippen LogP contribution >= 0.6 is 12.4 Å². The number of hydrogen-bond acceptors (Lipinski definition) is 4. The van der Waals surface area contributed by atoms with Crippen molar-refractivity contribution < 1.29 is 9.47 Å². The van der Waals surface area contributed by atoms with Crippen molar-refractivity contribution in [2.75, 3.05) is 39.5 Å². The molecule has 0 aromatic heterocycles. The Morgan fingerprint density at radius 3 is 3.00 bits per heavy atom. The van der Waals surface area contributed by atoms with Crippen LogP contribution in [-0.2, 0) is 9.47 Å². The highest BCUT2D eigenvalue weighted by Gasteiger charge is 2.34. The van der Waals surface area contributed by atoms with E-state index in [1.165, 1.54) is 19.3 Å². The monoisotopic (exact) mass is 278 g/mol. The molecule has 0 aromatic carbocycles. The summed E-state index contributed by atoms with van der Waals surface area (Å²) in [5.41, 5.74) is 0. The van der Waals surface area contributed by atoms with E-state index in [4.69, 9.17) is 9.47 Å². The molecule has 18 heavy (non-hydrogen) atoms. The van der Waals surface area contributed by atoms with Gasteiger partial charge in [0.2, 0.25) is 0 Å². The molecule has 1 aliphatic heterocycles. The van der Waals surface area contributed by atoms with Gasteiger partial charge in [0.05, 0.1) is 19.8 Å². The summed E-state index contributed by atoms with van der Waals surface area (Å²) in [6.07, 6.45) is 3.97. The van der Waals surface area contributed by atoms with E-state index in [-0.39, 0.29) is 12.4 Å². The van der Waals surface area contributed by atoms with Crippen molar-refractivity contribution in [3.8, 4) is 0 Å². The summed E-state index contributed by atoms with van der Waals surface area (Å²) in [5, 5.41) is 7.24. The first-order valence-corrected chi connectivity index (χ1v) is 7.04. The van der Waals surface area contributed by atoms with E-state index in [0.717, 1.165) is 45.4 Å². The summed E-state index contributed by atoms with van der Waals surface area (Å²) < 4.78 is 10.9. The number of hydrogen-bond donors (Lipinski definition) is 2. The Bertz CT molecular complexity index is 213. The van der Waals surface area contributed by atoms with Crippen molar-refractivity contribution in [2.24, 2.45) is 5.92 Å². The highest BCUT2D eigenvalue weighted by molar-refractivity contribution is 5.85. The molecule has 0 spiro atoms. The highest BCUT2D eigenvalue weighted by atomic mass is 35.5. The minimum atomic E-state index is 0. The van der Waals surface area contributed by atoms with Crippen LogP contribution in [-0.4, -0.2) is 51.6 Å². The average molecular weight is 279 g/mol. The molecule has 108 valence electrons. The van der Waals surface area contributed by atoms with Gasteiger partial charge >= 0.3 is 0 Å². The Kier molecular flexibility index (Phi) is 8.18. The number of halogens is 1. The molecule has 1 saturated heterocycles. The third kappa shape index (κ3) is 4.67. The maximum Gasteiger partial charge on any atom is 0.0623 e. The second kappa shape index (κ2) is 9.10. The van der Waals surface area contributed by atoms with Gasteiger partial charge in [-0.2, -0.15) is 0 Å². The number of ether oxygens (including phenoxy) is 2. The Morgan fingerprint density at radius 1 is 1.39 bits per heavy atom. The molecule has 2 N–H and O–H groups in total. The summed E-state index contributed by atoms with van der Waals surface area (Å²) in [5.74, 6) is 0.733. The van der Waals surface area contributed by atoms with Crippen LogP contribution in [0.15, 0.2) is 0 Å². The zero-order valence-electron chi connectivity index (χ0n) is 11.3. The number of rotatable bonds is 6. The third-order valence-corrected chi connectivity index (χ3v) is 3.89. The molecular formula is C13H27ClN2O2. The normalized spacial score (nSPS) is 32.2. The maximum atomic E-state index is 5.57. The van der Waals surface area contributed by atoms with Gasteiger partial charge < -0.3 is 20.1 Å². The van der Waals surface area contributed by atoms with Gasteiger partial charge in [0.15, 0.2) is 0 Å². The minimum absolute atomic E-state index is 0. The minimum Gasteiger partial charge on any atom is -0.380 e. The van der Waals surface area contributed by atoms with Gasteiger partial charge in [-0.25, -0.2) is 0 Å². The van der Waals surface area contributed by atoms with Crippen molar-refractivity contribution in [2.45, 2.75) is 38.3 Å². The molecule has 1 heterocycles. The first-order valence-electron chi connectivity index (χ1n) is 7.04. The van der Waals surface area contributed by atoms with Crippen LogP contribution in [0.5, 0.6) is 0 Å². The van der Waals surface area contributed by atoms with E-state index in [9.17, 15) is 0 Å². The van der Waals surface area contributed by atoms with Gasteiger partial charge in [0.1, 0.15) is 0 Å². The van der Waals surface area contributed by atoms with E-state index >= 15 is 0 Å². The fourth-order valence-electron chi connectivity index (χ4n) is 3.05. The van der Waals surface area contributed by atoms with E-state index in [1.54, 1.807) is 0 Å². The van der Waals surface area contributed by atoms with Crippen molar-refractivity contribution in [1.29, 1.82) is 0 Å². The lowest BCUT2D eigenvalue weighted by Gasteiger charge is -2.33. The molecule has 4 nitrogen and oxygen atoms in total. The Morgan fingerprint density at radius 2 is 2.28 bits per heavy atom. The topological polar surface area (TPSA) is 42.5 Å². The van der Waals surface area contributed by atoms with Gasteiger partial charge in [-0.3, -0.25) is 0 Å². The van der Waals surface area contributed by atoms with E-state index < -0.39 is 0 Å². The van der Waals surface area contributed by atoms with Crippen LogP contribution in [0.4, 0.5) is 0 Å². The third-order valence-electron chi connectivity index (χ3n) is 3.89. The average Bonchev–Trinajstić information content (AvgIpc) is 2.84. The molecule has 0 radical (unpaired) electrons. The second-order valence-electron chi connectivity index (χ2n) is 4.99. The largest absolute Gasteiger partial charge is 0.380 e. The van der Waals surface area contributed by atoms with Gasteiger partial charge in [-0.15, -0.1) is 12.4 Å². The molecule has 5 heteroatoms. The SMILES string of the molecule is CCOCCNC1CCCC1C1COCCN1.Cl. The Labute approximate surface area is 117 Å². The molecule has 2 fully saturated rings. The lowest BCUT2D eigenvalue weighted by Crippen LogP contribution is -2.51. The summed E-state index contributed by atoms with van der Waals surface area (Å²) in [7, 11) is 0. The Balaban J connectivity index is 0.00000162. The van der Waals surface area contributed by atoms with E-state index in [0.29, 0.717) is 12.1 Å². The predicted octanol–water partition coefficient (Wildman–Crippen LogP) is 1.19. The van der Waals surface area contributed by atoms with Crippen molar-refractivity contribution in [3.05, 3.63) is 0 Å². The van der Waals surface area contributed by atoms with Crippen molar-refractivity contribution >= 4 is 12.4 Å². The molecular weight excluding hydrogens is 252 g/mol. The van der Waals surface area contributed by atoms with Crippen LogP contribution in [0.25, 0.3) is 0 Å². The summed E-state index contributed by atoms with van der Waals surface area (Å²) in [4.78, 5) is 0. The number of nitrogens with one attached hydrogen (secondary N) is 2. The van der Waals surface area contributed by atoms with E-state index in [2.05, 4.69) is 10.6 Å². The lowest BCUT2D eigenvalue weighted by molar-refractivity contribution is 0.0517. The molecule has 2 rings (SSSR count). The fraction of sp³-hybridized carbons (Fsp3) is 1.00. The maximum absolute atomic E-state index is 5.57. The van der Waals surface area contributed by atoms with Crippen LogP contribution in [0.3, 0.4) is 0 Å². The smallest absolute Gasteiger partial charge is 0.0623 e.